The molecule has 0 saturated carbocycles. The van der Waals surface area contributed by atoms with E-state index in [2.05, 4.69) is 5.32 Å². The Morgan fingerprint density at radius 2 is 2.07 bits per heavy atom. The number of para-hydroxylation sites is 1. The predicted molar refractivity (Wildman–Crippen MR) is 60.0 cm³/mol. The van der Waals surface area contributed by atoms with Crippen molar-refractivity contribution >= 4 is 6.41 Å². The lowest BCUT2D eigenvalue weighted by Crippen LogP contribution is -2.43. The van der Waals surface area contributed by atoms with Crippen molar-refractivity contribution in [3.8, 4) is 5.75 Å². The van der Waals surface area contributed by atoms with E-state index in [1.165, 1.54) is 0 Å². The highest BCUT2D eigenvalue weighted by molar-refractivity contribution is 5.47. The summed E-state index contributed by atoms with van der Waals surface area (Å²) in [4.78, 5) is 10.3. The van der Waals surface area contributed by atoms with Gasteiger partial charge in [-0.2, -0.15) is 0 Å². The average Bonchev–Trinajstić information content (AvgIpc) is 2.16. The minimum absolute atomic E-state index is 0.343. The largest absolute Gasteiger partial charge is 0.491 e. The first-order chi connectivity index (χ1) is 7.05. The van der Waals surface area contributed by atoms with Crippen LogP contribution in [-0.2, 0) is 4.79 Å². The Balaban J connectivity index is 2.57. The first kappa shape index (κ1) is 11.6. The molecule has 1 aromatic rings. The summed E-state index contributed by atoms with van der Waals surface area (Å²) in [6.07, 6.45) is 0.696. The third kappa shape index (κ3) is 3.62. The standard InChI is InChI=1S/C12H17NO2/c1-10-6-4-5-7-11(10)15-8-12(2,3)13-9-14/h4-7,9H,8H2,1-3H3,(H,13,14). The zero-order valence-corrected chi connectivity index (χ0v) is 9.41. The van der Waals surface area contributed by atoms with Gasteiger partial charge in [0.2, 0.25) is 6.41 Å². The number of hydrogen-bond donors (Lipinski definition) is 1. The third-order valence-corrected chi connectivity index (χ3v) is 2.13. The van der Waals surface area contributed by atoms with Crippen LogP contribution in [0.5, 0.6) is 5.75 Å². The molecule has 0 heterocycles. The quantitative estimate of drug-likeness (QED) is 0.749. The molecule has 3 nitrogen and oxygen atoms in total. The topological polar surface area (TPSA) is 38.3 Å². The SMILES string of the molecule is Cc1ccccc1OCC(C)(C)NC=O. The average molecular weight is 207 g/mol. The highest BCUT2D eigenvalue weighted by atomic mass is 16.5. The van der Waals surface area contributed by atoms with Gasteiger partial charge in [-0.3, -0.25) is 4.79 Å². The second-order valence-corrected chi connectivity index (χ2v) is 4.20. The molecule has 0 fully saturated rings. The number of aryl methyl sites for hydroxylation is 1. The fourth-order valence-corrected chi connectivity index (χ4v) is 1.18. The number of ether oxygens (including phenoxy) is 1. The monoisotopic (exact) mass is 207 g/mol. The summed E-state index contributed by atoms with van der Waals surface area (Å²) < 4.78 is 5.63. The van der Waals surface area contributed by atoms with Gasteiger partial charge in [0.1, 0.15) is 12.4 Å². The molecule has 1 amide bonds. The molecular formula is C12H17NO2. The molecule has 0 unspecified atom stereocenters. The highest BCUT2D eigenvalue weighted by Crippen LogP contribution is 2.17. The van der Waals surface area contributed by atoms with E-state index < -0.39 is 0 Å². The van der Waals surface area contributed by atoms with Gasteiger partial charge in [0.15, 0.2) is 0 Å². The summed E-state index contributed by atoms with van der Waals surface area (Å²) in [5.74, 6) is 0.860. The molecule has 0 atom stereocenters. The molecule has 3 heteroatoms. The van der Waals surface area contributed by atoms with Crippen molar-refractivity contribution in [2.45, 2.75) is 26.3 Å². The van der Waals surface area contributed by atoms with Crippen LogP contribution in [-0.4, -0.2) is 18.6 Å². The second kappa shape index (κ2) is 4.82. The summed E-state index contributed by atoms with van der Waals surface area (Å²) in [6.45, 7) is 6.28. The van der Waals surface area contributed by atoms with Crippen molar-refractivity contribution in [1.29, 1.82) is 0 Å². The summed E-state index contributed by atoms with van der Waals surface area (Å²) in [5, 5.41) is 2.71. The Morgan fingerprint density at radius 3 is 2.67 bits per heavy atom. The third-order valence-electron chi connectivity index (χ3n) is 2.13. The molecule has 15 heavy (non-hydrogen) atoms. The second-order valence-electron chi connectivity index (χ2n) is 4.20. The van der Waals surface area contributed by atoms with Crippen LogP contribution in [0.3, 0.4) is 0 Å². The van der Waals surface area contributed by atoms with E-state index in [1.54, 1.807) is 0 Å². The Labute approximate surface area is 90.4 Å². The first-order valence-corrected chi connectivity index (χ1v) is 4.95. The maximum atomic E-state index is 10.3. The lowest BCUT2D eigenvalue weighted by atomic mass is 10.1. The van der Waals surface area contributed by atoms with Crippen molar-refractivity contribution in [2.75, 3.05) is 6.61 Å². The maximum absolute atomic E-state index is 10.3. The van der Waals surface area contributed by atoms with Gasteiger partial charge in [-0.1, -0.05) is 18.2 Å². The number of carbonyl (C=O) groups is 1. The van der Waals surface area contributed by atoms with Gasteiger partial charge >= 0.3 is 0 Å². The molecule has 1 aromatic carbocycles. The molecule has 1 N–H and O–H groups in total. The molecule has 0 aliphatic heterocycles. The van der Waals surface area contributed by atoms with Crippen molar-refractivity contribution in [2.24, 2.45) is 0 Å². The molecule has 0 aliphatic carbocycles. The van der Waals surface area contributed by atoms with E-state index in [9.17, 15) is 4.79 Å². The lowest BCUT2D eigenvalue weighted by Gasteiger charge is -2.24. The van der Waals surface area contributed by atoms with Crippen LogP contribution < -0.4 is 10.1 Å². The normalized spacial score (nSPS) is 10.9. The van der Waals surface area contributed by atoms with Gasteiger partial charge in [0, 0.05) is 0 Å². The molecule has 0 aromatic heterocycles. The smallest absolute Gasteiger partial charge is 0.207 e. The van der Waals surface area contributed by atoms with Crippen LogP contribution in [0.25, 0.3) is 0 Å². The summed E-state index contributed by atoms with van der Waals surface area (Å²) in [6, 6.07) is 7.82. The zero-order chi connectivity index (χ0) is 11.3. The Morgan fingerprint density at radius 1 is 1.40 bits per heavy atom. The van der Waals surface area contributed by atoms with Crippen LogP contribution >= 0.6 is 0 Å². The minimum atomic E-state index is -0.343. The number of nitrogens with one attached hydrogen (secondary N) is 1. The Kier molecular flexibility index (Phi) is 3.72. The molecule has 1 rings (SSSR count). The minimum Gasteiger partial charge on any atom is -0.491 e. The first-order valence-electron chi connectivity index (χ1n) is 4.95. The Hall–Kier alpha value is -1.51. The summed E-state index contributed by atoms with van der Waals surface area (Å²) in [5.41, 5.74) is 0.753. The molecule has 0 radical (unpaired) electrons. The van der Waals surface area contributed by atoms with Gasteiger partial charge in [-0.15, -0.1) is 0 Å². The fourth-order valence-electron chi connectivity index (χ4n) is 1.18. The Bertz CT molecular complexity index is 334. The van der Waals surface area contributed by atoms with Gasteiger partial charge in [0.05, 0.1) is 5.54 Å². The van der Waals surface area contributed by atoms with Crippen LogP contribution in [0.4, 0.5) is 0 Å². The van der Waals surface area contributed by atoms with Gasteiger partial charge in [-0.25, -0.2) is 0 Å². The van der Waals surface area contributed by atoms with Crippen molar-refractivity contribution < 1.29 is 9.53 Å². The van der Waals surface area contributed by atoms with Crippen LogP contribution in [0.2, 0.25) is 0 Å². The molecular weight excluding hydrogens is 190 g/mol. The molecule has 0 spiro atoms. The number of rotatable bonds is 5. The van der Waals surface area contributed by atoms with Crippen LogP contribution in [0.1, 0.15) is 19.4 Å². The predicted octanol–water partition coefficient (Wildman–Crippen LogP) is 1.90. The van der Waals surface area contributed by atoms with Crippen LogP contribution in [0.15, 0.2) is 24.3 Å². The molecule has 0 saturated heterocycles. The number of hydrogen-bond acceptors (Lipinski definition) is 2. The fraction of sp³-hybridized carbons (Fsp3) is 0.417. The van der Waals surface area contributed by atoms with E-state index >= 15 is 0 Å². The number of benzene rings is 1. The molecule has 82 valence electrons. The number of carbonyl (C=O) groups excluding carboxylic acids is 1. The van der Waals surface area contributed by atoms with Crippen LogP contribution in [0, 0.1) is 6.92 Å². The van der Waals surface area contributed by atoms with Gasteiger partial charge in [-0.05, 0) is 32.4 Å². The van der Waals surface area contributed by atoms with Crippen molar-refractivity contribution in [1.82, 2.24) is 5.32 Å². The van der Waals surface area contributed by atoms with E-state index in [4.69, 9.17) is 4.74 Å². The molecule has 0 bridgehead atoms. The van der Waals surface area contributed by atoms with Crippen molar-refractivity contribution in [3.05, 3.63) is 29.8 Å². The van der Waals surface area contributed by atoms with E-state index in [-0.39, 0.29) is 5.54 Å². The lowest BCUT2D eigenvalue weighted by molar-refractivity contribution is -0.111. The summed E-state index contributed by atoms with van der Waals surface area (Å²) in [7, 11) is 0. The van der Waals surface area contributed by atoms with E-state index in [0.717, 1.165) is 11.3 Å². The number of amides is 1. The maximum Gasteiger partial charge on any atom is 0.207 e. The van der Waals surface area contributed by atoms with Gasteiger partial charge in [0.25, 0.3) is 0 Å². The zero-order valence-electron chi connectivity index (χ0n) is 9.41. The van der Waals surface area contributed by atoms with E-state index in [1.807, 2.05) is 45.0 Å². The van der Waals surface area contributed by atoms with E-state index in [0.29, 0.717) is 13.0 Å². The van der Waals surface area contributed by atoms with Crippen molar-refractivity contribution in [3.63, 3.8) is 0 Å². The molecule has 0 aliphatic rings. The van der Waals surface area contributed by atoms with Gasteiger partial charge < -0.3 is 10.1 Å². The summed E-state index contributed by atoms with van der Waals surface area (Å²) >= 11 is 0. The highest BCUT2D eigenvalue weighted by Gasteiger charge is 2.17.